The molecule has 4 aromatic rings. The molecule has 2 aromatic heterocycles. The molecule has 0 aliphatic rings. The molecule has 13 heteroatoms. The molecule has 0 amide bonds. The monoisotopic (exact) mass is 543 g/mol. The number of rotatable bonds is 9. The zero-order valence-corrected chi connectivity index (χ0v) is 22.3. The summed E-state index contributed by atoms with van der Waals surface area (Å²) < 4.78 is 42.1. The fraction of sp³-hybridized carbons (Fsp3) is 0.280. The first kappa shape index (κ1) is 26.9. The van der Waals surface area contributed by atoms with Crippen LogP contribution in [0.15, 0.2) is 47.5 Å². The number of hydrogen-bond donors (Lipinski definition) is 1. The van der Waals surface area contributed by atoms with Crippen LogP contribution in [0.1, 0.15) is 0 Å². The lowest BCUT2D eigenvalue weighted by Gasteiger charge is -2.16. The summed E-state index contributed by atoms with van der Waals surface area (Å²) in [6, 6.07) is 6.32. The van der Waals surface area contributed by atoms with Crippen LogP contribution < -0.4 is 16.0 Å². The molecule has 0 spiro atoms. The third kappa shape index (κ3) is 5.43. The van der Waals surface area contributed by atoms with Crippen LogP contribution in [0.5, 0.6) is 11.5 Å². The molecule has 0 aliphatic carbocycles. The average Bonchev–Trinajstić information content (AvgIpc) is 3.25. The number of halogens is 2. The second-order valence-electron chi connectivity index (χ2n) is 10.0. The number of benzene rings is 2. The predicted octanol–water partition coefficient (Wildman–Crippen LogP) is 5.28. The van der Waals surface area contributed by atoms with E-state index in [-0.39, 0.29) is 34.8 Å². The minimum absolute atomic E-state index is 0.0404. The summed E-state index contributed by atoms with van der Waals surface area (Å²) in [6.45, 7) is 7.24. The van der Waals surface area contributed by atoms with E-state index in [1.54, 1.807) is 0 Å². The van der Waals surface area contributed by atoms with E-state index in [2.05, 4.69) is 24.7 Å². The minimum Gasteiger partial charge on any atom is -0.446 e. The van der Waals surface area contributed by atoms with E-state index in [4.69, 9.17) is 15.2 Å². The normalized spacial score (nSPS) is 11.7. The van der Waals surface area contributed by atoms with Crippen LogP contribution in [0.25, 0.3) is 22.0 Å². The van der Waals surface area contributed by atoms with E-state index >= 15 is 0 Å². The lowest BCUT2D eigenvalue weighted by molar-refractivity contribution is -0.384. The Morgan fingerprint density at radius 3 is 2.55 bits per heavy atom. The average molecular weight is 544 g/mol. The molecule has 4 rings (SSSR count). The lowest BCUT2D eigenvalue weighted by Crippen LogP contribution is -2.23. The molecule has 0 bridgehead atoms. The third-order valence-electron chi connectivity index (χ3n) is 5.93. The van der Waals surface area contributed by atoms with Gasteiger partial charge >= 0.3 is 5.69 Å². The summed E-state index contributed by atoms with van der Waals surface area (Å²) in [5, 5.41) is 16.7. The van der Waals surface area contributed by atoms with Gasteiger partial charge in [-0.25, -0.2) is 13.5 Å². The van der Waals surface area contributed by atoms with Crippen LogP contribution in [0, 0.1) is 21.7 Å². The lowest BCUT2D eigenvalue weighted by atomic mass is 10.0. The molecule has 0 aliphatic heterocycles. The van der Waals surface area contributed by atoms with Crippen molar-refractivity contribution in [2.75, 3.05) is 12.3 Å². The highest BCUT2D eigenvalue weighted by molar-refractivity contribution is 6.76. The Balaban J connectivity index is 1.87. The van der Waals surface area contributed by atoms with Gasteiger partial charge in [-0.05, 0) is 30.3 Å². The third-order valence-corrected chi connectivity index (χ3v) is 7.63. The molecular formula is C25H27F2N5O5Si. The first-order valence-corrected chi connectivity index (χ1v) is 15.4. The Kier molecular flexibility index (Phi) is 7.33. The summed E-state index contributed by atoms with van der Waals surface area (Å²) >= 11 is 0. The van der Waals surface area contributed by atoms with Gasteiger partial charge in [0, 0.05) is 50.5 Å². The summed E-state index contributed by atoms with van der Waals surface area (Å²) in [5.74, 6) is -2.69. The summed E-state index contributed by atoms with van der Waals surface area (Å²) in [6.07, 6.45) is 2.93. The topological polar surface area (TPSA) is 127 Å². The Hall–Kier alpha value is -4.10. The van der Waals surface area contributed by atoms with Crippen molar-refractivity contribution < 1.29 is 23.2 Å². The smallest absolute Gasteiger partial charge is 0.334 e. The maximum atomic E-state index is 14.5. The van der Waals surface area contributed by atoms with E-state index in [9.17, 15) is 23.7 Å². The van der Waals surface area contributed by atoms with Crippen LogP contribution >= 0.6 is 0 Å². The summed E-state index contributed by atoms with van der Waals surface area (Å²) in [7, 11) is 0.210. The highest BCUT2D eigenvalue weighted by atomic mass is 28.3. The molecule has 2 N–H and O–H groups in total. The van der Waals surface area contributed by atoms with E-state index in [1.807, 2.05) is 0 Å². The molecule has 0 unspecified atom stereocenters. The van der Waals surface area contributed by atoms with Crippen molar-refractivity contribution in [2.45, 2.75) is 32.4 Å². The number of hydrogen-bond acceptors (Lipinski definition) is 7. The number of nitro benzene ring substituents is 1. The van der Waals surface area contributed by atoms with Crippen LogP contribution in [-0.4, -0.2) is 34.0 Å². The fourth-order valence-corrected chi connectivity index (χ4v) is 4.65. The van der Waals surface area contributed by atoms with Gasteiger partial charge < -0.3 is 19.8 Å². The van der Waals surface area contributed by atoms with E-state index in [1.165, 1.54) is 40.8 Å². The molecule has 0 saturated carbocycles. The number of anilines is 1. The van der Waals surface area contributed by atoms with Crippen molar-refractivity contribution in [2.24, 2.45) is 7.05 Å². The van der Waals surface area contributed by atoms with Gasteiger partial charge in [-0.3, -0.25) is 14.9 Å². The van der Waals surface area contributed by atoms with Gasteiger partial charge in [0.05, 0.1) is 11.1 Å². The first-order chi connectivity index (χ1) is 17.9. The predicted molar refractivity (Wildman–Crippen MR) is 142 cm³/mol. The van der Waals surface area contributed by atoms with Crippen molar-refractivity contribution in [3.8, 4) is 22.6 Å². The Morgan fingerprint density at radius 2 is 1.89 bits per heavy atom. The number of nitro groups is 1. The molecular weight excluding hydrogens is 516 g/mol. The van der Waals surface area contributed by atoms with Crippen molar-refractivity contribution in [3.05, 3.63) is 74.8 Å². The number of aryl methyl sites for hydroxylation is 1. The number of pyridine rings is 1. The van der Waals surface area contributed by atoms with Crippen LogP contribution in [0.4, 0.5) is 20.2 Å². The van der Waals surface area contributed by atoms with Crippen molar-refractivity contribution in [3.63, 3.8) is 0 Å². The molecule has 0 fully saturated rings. The van der Waals surface area contributed by atoms with E-state index in [0.717, 1.165) is 18.2 Å². The standard InChI is InChI=1S/C25H27F2N5O5Si/c1-30-13-18(17-12-29-31(22(17)25(30)33)14-36-9-10-38(2,3)4)16-6-7-20(28)23(32(34)35)24(16)37-21-8-5-15(26)11-19(21)27/h5-8,11-13H,9-10,14,28H2,1-4H3. The van der Waals surface area contributed by atoms with E-state index < -0.39 is 36.1 Å². The fourth-order valence-electron chi connectivity index (χ4n) is 3.90. The first-order valence-electron chi connectivity index (χ1n) is 11.7. The number of nitrogens with zero attached hydrogens (tertiary/aromatic N) is 4. The molecule has 2 aromatic carbocycles. The second kappa shape index (κ2) is 10.3. The highest BCUT2D eigenvalue weighted by Gasteiger charge is 2.28. The quantitative estimate of drug-likeness (QED) is 0.100. The number of fused-ring (bicyclic) bond motifs is 1. The zero-order chi connectivity index (χ0) is 27.8. The summed E-state index contributed by atoms with van der Waals surface area (Å²) in [4.78, 5) is 24.3. The minimum atomic E-state index is -1.32. The van der Waals surface area contributed by atoms with Gasteiger partial charge in [0.2, 0.25) is 5.75 Å². The molecule has 38 heavy (non-hydrogen) atoms. The van der Waals surface area contributed by atoms with Crippen LogP contribution in [0.3, 0.4) is 0 Å². The molecule has 0 saturated heterocycles. The number of nitrogens with two attached hydrogens (primary N) is 1. The van der Waals surface area contributed by atoms with Crippen LogP contribution in [0.2, 0.25) is 25.7 Å². The van der Waals surface area contributed by atoms with Crippen molar-refractivity contribution in [1.82, 2.24) is 14.3 Å². The van der Waals surface area contributed by atoms with Crippen molar-refractivity contribution in [1.29, 1.82) is 0 Å². The highest BCUT2D eigenvalue weighted by Crippen LogP contribution is 2.45. The number of nitrogen functional groups attached to an aromatic ring is 1. The maximum absolute atomic E-state index is 14.5. The van der Waals surface area contributed by atoms with Gasteiger partial charge in [-0.2, -0.15) is 5.10 Å². The molecule has 2 heterocycles. The van der Waals surface area contributed by atoms with Gasteiger partial charge in [-0.15, -0.1) is 0 Å². The number of ether oxygens (including phenoxy) is 2. The molecule has 0 radical (unpaired) electrons. The van der Waals surface area contributed by atoms with Crippen LogP contribution in [-0.2, 0) is 18.5 Å². The van der Waals surface area contributed by atoms with Gasteiger partial charge in [-0.1, -0.05) is 19.6 Å². The molecule has 200 valence electrons. The van der Waals surface area contributed by atoms with E-state index in [0.29, 0.717) is 23.6 Å². The SMILES string of the molecule is Cn1cc(-c2ccc(N)c([N+](=O)[O-])c2Oc2ccc(F)cc2F)c2cnn(COCC[Si](C)(C)C)c2c1=O. The van der Waals surface area contributed by atoms with Crippen molar-refractivity contribution >= 4 is 30.4 Å². The molecule has 0 atom stereocenters. The molecule has 10 nitrogen and oxygen atoms in total. The summed E-state index contributed by atoms with van der Waals surface area (Å²) in [5.41, 5.74) is 5.46. The van der Waals surface area contributed by atoms with Gasteiger partial charge in [0.15, 0.2) is 11.6 Å². The Morgan fingerprint density at radius 1 is 1.16 bits per heavy atom. The van der Waals surface area contributed by atoms with Gasteiger partial charge in [0.25, 0.3) is 5.56 Å². The van der Waals surface area contributed by atoms with Gasteiger partial charge in [0.1, 0.15) is 23.8 Å². The number of aromatic nitrogens is 3. The Labute approximate surface area is 217 Å². The maximum Gasteiger partial charge on any atom is 0.334 e. The Bertz CT molecular complexity index is 1600. The largest absolute Gasteiger partial charge is 0.446 e. The second-order valence-corrected chi connectivity index (χ2v) is 15.6. The zero-order valence-electron chi connectivity index (χ0n) is 21.3.